The van der Waals surface area contributed by atoms with Crippen LogP contribution in [-0.2, 0) is 0 Å². The Balaban J connectivity index is 2.47. The number of aromatic amines is 1. The Morgan fingerprint density at radius 1 is 1.16 bits per heavy atom. The maximum atomic E-state index is 5.31. The Bertz CT molecular complexity index is 581. The lowest BCUT2D eigenvalue weighted by molar-refractivity contribution is 0.355. The van der Waals surface area contributed by atoms with Crippen molar-refractivity contribution in [3.8, 4) is 22.8 Å². The zero-order valence-corrected chi connectivity index (χ0v) is 12.9. The Morgan fingerprint density at radius 2 is 1.84 bits per heavy atom. The number of ether oxygens (including phenoxy) is 2. The van der Waals surface area contributed by atoms with E-state index in [2.05, 4.69) is 26.1 Å². The summed E-state index contributed by atoms with van der Waals surface area (Å²) in [4.78, 5) is 1.94. The van der Waals surface area contributed by atoms with Gasteiger partial charge in [0.15, 0.2) is 17.3 Å². The van der Waals surface area contributed by atoms with Gasteiger partial charge in [-0.05, 0) is 34.1 Å². The molecule has 0 atom stereocenters. The van der Waals surface area contributed by atoms with Gasteiger partial charge in [0.1, 0.15) is 0 Å². The van der Waals surface area contributed by atoms with Gasteiger partial charge >= 0.3 is 0 Å². The smallest absolute Gasteiger partial charge is 0.164 e. The summed E-state index contributed by atoms with van der Waals surface area (Å²) in [5.74, 6) is 2.24. The van der Waals surface area contributed by atoms with Crippen LogP contribution in [0.1, 0.15) is 0 Å². The van der Waals surface area contributed by atoms with Crippen LogP contribution >= 0.6 is 15.9 Å². The molecule has 0 saturated carbocycles. The van der Waals surface area contributed by atoms with E-state index in [4.69, 9.17) is 9.47 Å². The highest BCUT2D eigenvalue weighted by Gasteiger charge is 2.15. The van der Waals surface area contributed by atoms with E-state index in [9.17, 15) is 0 Å². The summed E-state index contributed by atoms with van der Waals surface area (Å²) in [6, 6.07) is 5.74. The van der Waals surface area contributed by atoms with Crippen LogP contribution in [0, 0.1) is 0 Å². The molecule has 0 radical (unpaired) electrons. The van der Waals surface area contributed by atoms with E-state index in [1.807, 2.05) is 37.2 Å². The lowest BCUT2D eigenvalue weighted by Gasteiger charge is -2.10. The number of hydrogen-bond donors (Lipinski definition) is 1. The molecule has 1 aromatic carbocycles. The molecule has 19 heavy (non-hydrogen) atoms. The zero-order valence-electron chi connectivity index (χ0n) is 11.3. The summed E-state index contributed by atoms with van der Waals surface area (Å²) in [7, 11) is 7.13. The zero-order chi connectivity index (χ0) is 14.0. The SMILES string of the molecule is COc1ccc(-c2[nH]nc(N(C)C)c2Br)cc1OC. The Hall–Kier alpha value is -1.69. The average molecular weight is 326 g/mol. The van der Waals surface area contributed by atoms with Crippen LogP contribution in [0.2, 0.25) is 0 Å². The molecule has 0 aliphatic heterocycles. The number of rotatable bonds is 4. The van der Waals surface area contributed by atoms with Crippen molar-refractivity contribution in [2.75, 3.05) is 33.2 Å². The van der Waals surface area contributed by atoms with Crippen LogP contribution in [0.5, 0.6) is 11.5 Å². The normalized spacial score (nSPS) is 10.4. The third-order valence-electron chi connectivity index (χ3n) is 2.79. The van der Waals surface area contributed by atoms with Crippen LogP contribution < -0.4 is 14.4 Å². The van der Waals surface area contributed by atoms with Crippen LogP contribution in [0.15, 0.2) is 22.7 Å². The first-order valence-corrected chi connectivity index (χ1v) is 6.51. The third kappa shape index (κ3) is 2.53. The Morgan fingerprint density at radius 3 is 2.37 bits per heavy atom. The van der Waals surface area contributed by atoms with Gasteiger partial charge in [-0.25, -0.2) is 0 Å². The van der Waals surface area contributed by atoms with Crippen LogP contribution in [0.25, 0.3) is 11.3 Å². The van der Waals surface area contributed by atoms with Crippen molar-refractivity contribution < 1.29 is 9.47 Å². The minimum absolute atomic E-state index is 0.688. The monoisotopic (exact) mass is 325 g/mol. The molecule has 1 aromatic heterocycles. The molecule has 6 heteroatoms. The van der Waals surface area contributed by atoms with E-state index >= 15 is 0 Å². The number of aromatic nitrogens is 2. The molecule has 0 fully saturated rings. The number of nitrogens with one attached hydrogen (secondary N) is 1. The average Bonchev–Trinajstić information content (AvgIpc) is 2.80. The summed E-state index contributed by atoms with van der Waals surface area (Å²) in [5.41, 5.74) is 1.88. The van der Waals surface area contributed by atoms with Crippen LogP contribution in [0.3, 0.4) is 0 Å². The predicted octanol–water partition coefficient (Wildman–Crippen LogP) is 2.92. The van der Waals surface area contributed by atoms with Gasteiger partial charge < -0.3 is 14.4 Å². The second-order valence-corrected chi connectivity index (χ2v) is 4.99. The van der Waals surface area contributed by atoms with Gasteiger partial charge in [0, 0.05) is 19.7 Å². The molecule has 0 bridgehead atoms. The van der Waals surface area contributed by atoms with Crippen molar-refractivity contribution in [3.05, 3.63) is 22.7 Å². The van der Waals surface area contributed by atoms with E-state index in [0.717, 1.165) is 21.5 Å². The van der Waals surface area contributed by atoms with Gasteiger partial charge in [-0.3, -0.25) is 5.10 Å². The van der Waals surface area contributed by atoms with E-state index in [-0.39, 0.29) is 0 Å². The van der Waals surface area contributed by atoms with E-state index in [1.54, 1.807) is 14.2 Å². The lowest BCUT2D eigenvalue weighted by atomic mass is 10.1. The molecule has 1 heterocycles. The maximum Gasteiger partial charge on any atom is 0.164 e. The van der Waals surface area contributed by atoms with Crippen molar-refractivity contribution in [2.45, 2.75) is 0 Å². The maximum absolute atomic E-state index is 5.31. The Kier molecular flexibility index (Phi) is 3.99. The molecule has 2 rings (SSSR count). The van der Waals surface area contributed by atoms with E-state index in [0.29, 0.717) is 11.5 Å². The first-order chi connectivity index (χ1) is 9.08. The highest BCUT2D eigenvalue weighted by molar-refractivity contribution is 9.10. The number of halogens is 1. The predicted molar refractivity (Wildman–Crippen MR) is 79.2 cm³/mol. The molecule has 0 amide bonds. The van der Waals surface area contributed by atoms with Crippen molar-refractivity contribution >= 4 is 21.7 Å². The minimum Gasteiger partial charge on any atom is -0.493 e. The highest BCUT2D eigenvalue weighted by atomic mass is 79.9. The molecular formula is C13H16BrN3O2. The quantitative estimate of drug-likeness (QED) is 0.939. The van der Waals surface area contributed by atoms with Crippen molar-refractivity contribution in [3.63, 3.8) is 0 Å². The molecule has 0 unspecified atom stereocenters. The molecule has 0 saturated heterocycles. The molecule has 102 valence electrons. The fourth-order valence-corrected chi connectivity index (χ4v) is 2.56. The largest absolute Gasteiger partial charge is 0.493 e. The second kappa shape index (κ2) is 5.52. The number of benzene rings is 1. The molecule has 5 nitrogen and oxygen atoms in total. The molecule has 0 aliphatic carbocycles. The first kappa shape index (κ1) is 13.7. The molecule has 0 aliphatic rings. The van der Waals surface area contributed by atoms with Gasteiger partial charge in [0.05, 0.1) is 24.4 Å². The third-order valence-corrected chi connectivity index (χ3v) is 3.54. The standard InChI is InChI=1S/C13H16BrN3O2/c1-17(2)13-11(14)12(15-16-13)8-5-6-9(18-3)10(7-8)19-4/h5-7H,1-4H3,(H,15,16). The topological polar surface area (TPSA) is 50.4 Å². The van der Waals surface area contributed by atoms with Gasteiger partial charge in [-0.1, -0.05) is 0 Å². The van der Waals surface area contributed by atoms with Gasteiger partial charge in [-0.2, -0.15) is 5.10 Å². The molecule has 2 aromatic rings. The highest BCUT2D eigenvalue weighted by Crippen LogP contribution is 2.37. The number of H-pyrrole nitrogens is 1. The number of hydrogen-bond acceptors (Lipinski definition) is 4. The Labute approximate surface area is 120 Å². The first-order valence-electron chi connectivity index (χ1n) is 5.72. The number of methoxy groups -OCH3 is 2. The fourth-order valence-electron chi connectivity index (χ4n) is 1.80. The minimum atomic E-state index is 0.688. The summed E-state index contributed by atoms with van der Waals surface area (Å²) >= 11 is 3.56. The lowest BCUT2D eigenvalue weighted by Crippen LogP contribution is -2.09. The summed E-state index contributed by atoms with van der Waals surface area (Å²) in [5, 5.41) is 7.30. The van der Waals surface area contributed by atoms with Crippen LogP contribution in [-0.4, -0.2) is 38.5 Å². The summed E-state index contributed by atoms with van der Waals surface area (Å²) < 4.78 is 11.5. The summed E-state index contributed by atoms with van der Waals surface area (Å²) in [6.07, 6.45) is 0. The molecular weight excluding hydrogens is 310 g/mol. The number of anilines is 1. The van der Waals surface area contributed by atoms with Crippen molar-refractivity contribution in [2.24, 2.45) is 0 Å². The fraction of sp³-hybridized carbons (Fsp3) is 0.308. The van der Waals surface area contributed by atoms with Gasteiger partial charge in [0.25, 0.3) is 0 Å². The van der Waals surface area contributed by atoms with E-state index < -0.39 is 0 Å². The summed E-state index contributed by atoms with van der Waals surface area (Å²) in [6.45, 7) is 0. The molecule has 0 spiro atoms. The van der Waals surface area contributed by atoms with Crippen molar-refractivity contribution in [1.29, 1.82) is 0 Å². The van der Waals surface area contributed by atoms with Crippen molar-refractivity contribution in [1.82, 2.24) is 10.2 Å². The van der Waals surface area contributed by atoms with Gasteiger partial charge in [0.2, 0.25) is 0 Å². The van der Waals surface area contributed by atoms with Crippen LogP contribution in [0.4, 0.5) is 5.82 Å². The van der Waals surface area contributed by atoms with Gasteiger partial charge in [-0.15, -0.1) is 0 Å². The van der Waals surface area contributed by atoms with E-state index in [1.165, 1.54) is 0 Å². The second-order valence-electron chi connectivity index (χ2n) is 4.20. The molecule has 1 N–H and O–H groups in total. The number of nitrogens with zero attached hydrogens (tertiary/aromatic N) is 2.